The molecule has 2 heterocycles. The van der Waals surface area contributed by atoms with Crippen LogP contribution in [0.1, 0.15) is 22.0 Å². The summed E-state index contributed by atoms with van der Waals surface area (Å²) in [5, 5.41) is 24.8. The zero-order chi connectivity index (χ0) is 13.8. The van der Waals surface area contributed by atoms with Gasteiger partial charge in [-0.2, -0.15) is 11.3 Å². The molecule has 0 radical (unpaired) electrons. The third-order valence-electron chi connectivity index (χ3n) is 2.51. The van der Waals surface area contributed by atoms with Crippen LogP contribution in [0.5, 0.6) is 0 Å². The first-order valence-corrected chi connectivity index (χ1v) is 6.35. The first-order valence-electron chi connectivity index (χ1n) is 5.41. The number of halogens is 1. The van der Waals surface area contributed by atoms with Crippen molar-refractivity contribution >= 4 is 23.1 Å². The molecule has 1 atom stereocenters. The minimum atomic E-state index is -1.36. The number of carbonyl (C=O) groups is 1. The molecule has 1 unspecified atom stereocenters. The molecular weight excluding hydrogens is 271 g/mol. The van der Waals surface area contributed by atoms with E-state index >= 15 is 0 Å². The minimum absolute atomic E-state index is 0.0454. The van der Waals surface area contributed by atoms with Crippen molar-refractivity contribution < 1.29 is 19.4 Å². The molecule has 2 aromatic rings. The van der Waals surface area contributed by atoms with Gasteiger partial charge in [0.05, 0.1) is 6.10 Å². The Morgan fingerprint density at radius 2 is 2.32 bits per heavy atom. The fourth-order valence-corrected chi connectivity index (χ4v) is 2.22. The van der Waals surface area contributed by atoms with Gasteiger partial charge in [0, 0.05) is 12.7 Å². The van der Waals surface area contributed by atoms with Gasteiger partial charge in [-0.15, -0.1) is 0 Å². The molecule has 0 bridgehead atoms. The van der Waals surface area contributed by atoms with Crippen LogP contribution >= 0.6 is 11.3 Å². The molecule has 0 saturated carbocycles. The van der Waals surface area contributed by atoms with Crippen molar-refractivity contribution in [2.75, 3.05) is 11.9 Å². The van der Waals surface area contributed by atoms with Crippen LogP contribution < -0.4 is 5.32 Å². The van der Waals surface area contributed by atoms with Gasteiger partial charge in [0.1, 0.15) is 5.56 Å². The highest BCUT2D eigenvalue weighted by atomic mass is 32.1. The zero-order valence-corrected chi connectivity index (χ0v) is 10.5. The van der Waals surface area contributed by atoms with Gasteiger partial charge in [-0.25, -0.2) is 14.2 Å². The van der Waals surface area contributed by atoms with E-state index in [-0.39, 0.29) is 12.4 Å². The lowest BCUT2D eigenvalue weighted by atomic mass is 10.2. The molecule has 0 aliphatic rings. The van der Waals surface area contributed by atoms with E-state index in [9.17, 15) is 14.3 Å². The normalized spacial score (nSPS) is 12.1. The average Bonchev–Trinajstić information content (AvgIpc) is 2.90. The van der Waals surface area contributed by atoms with Crippen LogP contribution in [0.4, 0.5) is 10.2 Å². The topological polar surface area (TPSA) is 82.5 Å². The van der Waals surface area contributed by atoms with Crippen molar-refractivity contribution in [3.63, 3.8) is 0 Å². The number of nitrogens with zero attached hydrogens (tertiary/aromatic N) is 1. The molecule has 7 heteroatoms. The number of aliphatic hydroxyl groups is 1. The Hall–Kier alpha value is -1.99. The number of rotatable bonds is 5. The number of pyridine rings is 1. The highest BCUT2D eigenvalue weighted by Crippen LogP contribution is 2.19. The van der Waals surface area contributed by atoms with E-state index in [0.29, 0.717) is 5.56 Å². The molecule has 2 rings (SSSR count). The second kappa shape index (κ2) is 5.77. The summed E-state index contributed by atoms with van der Waals surface area (Å²) in [7, 11) is 0. The van der Waals surface area contributed by atoms with Gasteiger partial charge < -0.3 is 15.5 Å². The fourth-order valence-electron chi connectivity index (χ4n) is 1.51. The molecule has 0 fully saturated rings. The molecule has 0 amide bonds. The van der Waals surface area contributed by atoms with Gasteiger partial charge in [0.2, 0.25) is 0 Å². The number of aliphatic hydroxyl groups excluding tert-OH is 1. The standard InChI is InChI=1S/C12H11FN2O3S/c13-10-8(12(17)18)1-3-14-11(10)15-5-9(16)7-2-4-19-6-7/h1-4,6,9,16H,5H2,(H,14,15)(H,17,18). The number of hydrogen-bond donors (Lipinski definition) is 3. The van der Waals surface area contributed by atoms with E-state index in [0.717, 1.165) is 6.07 Å². The lowest BCUT2D eigenvalue weighted by Crippen LogP contribution is -2.14. The number of carboxylic acids is 1. The molecule has 0 aromatic carbocycles. The summed E-state index contributed by atoms with van der Waals surface area (Å²) in [6, 6.07) is 2.84. The smallest absolute Gasteiger partial charge is 0.338 e. The Kier molecular flexibility index (Phi) is 4.08. The minimum Gasteiger partial charge on any atom is -0.478 e. The highest BCUT2D eigenvalue weighted by molar-refractivity contribution is 7.07. The summed E-state index contributed by atoms with van der Waals surface area (Å²) in [6.07, 6.45) is 0.396. The van der Waals surface area contributed by atoms with E-state index in [1.54, 1.807) is 11.4 Å². The van der Waals surface area contributed by atoms with E-state index in [1.165, 1.54) is 17.5 Å². The molecule has 2 aromatic heterocycles. The maximum atomic E-state index is 13.7. The van der Waals surface area contributed by atoms with Gasteiger partial charge in [-0.05, 0) is 28.5 Å². The maximum Gasteiger partial charge on any atom is 0.338 e. The van der Waals surface area contributed by atoms with Gasteiger partial charge >= 0.3 is 5.97 Å². The van der Waals surface area contributed by atoms with Gasteiger partial charge in [0.25, 0.3) is 0 Å². The number of anilines is 1. The third-order valence-corrected chi connectivity index (χ3v) is 3.21. The average molecular weight is 282 g/mol. The third kappa shape index (κ3) is 3.07. The van der Waals surface area contributed by atoms with Crippen LogP contribution in [0.3, 0.4) is 0 Å². The largest absolute Gasteiger partial charge is 0.478 e. The number of aromatic nitrogens is 1. The monoisotopic (exact) mass is 282 g/mol. The van der Waals surface area contributed by atoms with Crippen molar-refractivity contribution in [2.45, 2.75) is 6.10 Å². The quantitative estimate of drug-likeness (QED) is 0.782. The maximum absolute atomic E-state index is 13.7. The summed E-state index contributed by atoms with van der Waals surface area (Å²) in [5.41, 5.74) is 0.259. The van der Waals surface area contributed by atoms with Crippen LogP contribution in [0.2, 0.25) is 0 Å². The fraction of sp³-hybridized carbons (Fsp3) is 0.167. The van der Waals surface area contributed by atoms with Crippen molar-refractivity contribution in [3.05, 3.63) is 46.0 Å². The van der Waals surface area contributed by atoms with E-state index in [1.807, 2.05) is 5.38 Å². The number of thiophene rings is 1. The Balaban J connectivity index is 2.08. The predicted octanol–water partition coefficient (Wildman–Crippen LogP) is 2.13. The van der Waals surface area contributed by atoms with Crippen LogP contribution in [-0.2, 0) is 0 Å². The second-order valence-corrected chi connectivity index (χ2v) is 4.56. The number of aromatic carboxylic acids is 1. The summed E-state index contributed by atoms with van der Waals surface area (Å²) in [4.78, 5) is 14.5. The molecule has 0 saturated heterocycles. The summed E-state index contributed by atoms with van der Waals surface area (Å²) in [6.45, 7) is 0.0454. The molecule has 5 nitrogen and oxygen atoms in total. The molecule has 0 spiro atoms. The van der Waals surface area contributed by atoms with Gasteiger partial charge in [0.15, 0.2) is 11.6 Å². The van der Waals surface area contributed by atoms with Crippen LogP contribution in [0.15, 0.2) is 29.1 Å². The van der Waals surface area contributed by atoms with Crippen molar-refractivity contribution in [1.82, 2.24) is 4.98 Å². The van der Waals surface area contributed by atoms with Crippen molar-refractivity contribution in [2.24, 2.45) is 0 Å². The lowest BCUT2D eigenvalue weighted by Gasteiger charge is -2.12. The van der Waals surface area contributed by atoms with Crippen molar-refractivity contribution in [1.29, 1.82) is 0 Å². The van der Waals surface area contributed by atoms with Crippen molar-refractivity contribution in [3.8, 4) is 0 Å². The lowest BCUT2D eigenvalue weighted by molar-refractivity contribution is 0.0692. The van der Waals surface area contributed by atoms with E-state index in [4.69, 9.17) is 5.11 Å². The van der Waals surface area contributed by atoms with Crippen LogP contribution in [0.25, 0.3) is 0 Å². The summed E-state index contributed by atoms with van der Waals surface area (Å²) < 4.78 is 13.7. The van der Waals surface area contributed by atoms with Gasteiger partial charge in [-0.3, -0.25) is 0 Å². The summed E-state index contributed by atoms with van der Waals surface area (Å²) >= 11 is 1.44. The number of carboxylic acid groups (broad SMARTS) is 1. The Labute approximate surface area is 112 Å². The molecular formula is C12H11FN2O3S. The Bertz CT molecular complexity index is 574. The number of hydrogen-bond acceptors (Lipinski definition) is 5. The zero-order valence-electron chi connectivity index (χ0n) is 9.71. The van der Waals surface area contributed by atoms with E-state index in [2.05, 4.69) is 10.3 Å². The second-order valence-electron chi connectivity index (χ2n) is 3.78. The van der Waals surface area contributed by atoms with Crippen LogP contribution in [-0.4, -0.2) is 27.7 Å². The number of nitrogens with one attached hydrogen (secondary N) is 1. The highest BCUT2D eigenvalue weighted by Gasteiger charge is 2.16. The first kappa shape index (κ1) is 13.4. The van der Waals surface area contributed by atoms with Gasteiger partial charge in [-0.1, -0.05) is 0 Å². The predicted molar refractivity (Wildman–Crippen MR) is 68.9 cm³/mol. The molecule has 100 valence electrons. The summed E-state index contributed by atoms with van der Waals surface area (Å²) in [5.74, 6) is -2.48. The Morgan fingerprint density at radius 1 is 1.53 bits per heavy atom. The molecule has 3 N–H and O–H groups in total. The SMILES string of the molecule is O=C(O)c1ccnc(NCC(O)c2ccsc2)c1F. The molecule has 0 aliphatic heterocycles. The molecule has 0 aliphatic carbocycles. The first-order chi connectivity index (χ1) is 9.09. The van der Waals surface area contributed by atoms with E-state index < -0.39 is 23.5 Å². The Morgan fingerprint density at radius 3 is 2.95 bits per heavy atom. The molecule has 19 heavy (non-hydrogen) atoms. The van der Waals surface area contributed by atoms with Crippen LogP contribution in [0, 0.1) is 5.82 Å².